The molecule has 8 nitrogen and oxygen atoms in total. The number of rotatable bonds is 8. The second-order valence-electron chi connectivity index (χ2n) is 7.05. The third-order valence-electron chi connectivity index (χ3n) is 5.15. The van der Waals surface area contributed by atoms with Gasteiger partial charge in [-0.05, 0) is 37.0 Å². The van der Waals surface area contributed by atoms with Gasteiger partial charge in [0.1, 0.15) is 0 Å². The van der Waals surface area contributed by atoms with E-state index in [-0.39, 0.29) is 17.9 Å². The van der Waals surface area contributed by atoms with Crippen molar-refractivity contribution in [3.05, 3.63) is 23.8 Å². The number of carbonyl (C=O) groups is 1. The van der Waals surface area contributed by atoms with Crippen molar-refractivity contribution in [1.82, 2.24) is 13.9 Å². The predicted molar refractivity (Wildman–Crippen MR) is 108 cm³/mol. The van der Waals surface area contributed by atoms with E-state index in [4.69, 9.17) is 9.47 Å². The van der Waals surface area contributed by atoms with Crippen molar-refractivity contribution in [3.8, 4) is 11.5 Å². The summed E-state index contributed by atoms with van der Waals surface area (Å²) < 4.78 is 37.7. The molecule has 1 aromatic carbocycles. The fraction of sp³-hybridized carbons (Fsp3) is 0.632. The van der Waals surface area contributed by atoms with Gasteiger partial charge in [0, 0.05) is 33.1 Å². The van der Waals surface area contributed by atoms with Gasteiger partial charge < -0.3 is 14.8 Å². The molecule has 1 saturated heterocycles. The lowest BCUT2D eigenvalue weighted by atomic mass is 9.95. The Hall–Kier alpha value is -1.84. The number of hydrogen-bond donors (Lipinski definition) is 1. The first-order valence-corrected chi connectivity index (χ1v) is 10.8. The van der Waals surface area contributed by atoms with Gasteiger partial charge in [-0.1, -0.05) is 13.0 Å². The topological polar surface area (TPSA) is 88.2 Å². The molecular weight excluding hydrogens is 382 g/mol. The van der Waals surface area contributed by atoms with Crippen molar-refractivity contribution >= 4 is 16.1 Å². The maximum Gasteiger partial charge on any atom is 0.281 e. The molecule has 2 rings (SSSR count). The quantitative estimate of drug-likeness (QED) is 0.702. The molecule has 0 saturated carbocycles. The van der Waals surface area contributed by atoms with Gasteiger partial charge in [0.2, 0.25) is 5.91 Å². The van der Waals surface area contributed by atoms with Crippen molar-refractivity contribution in [3.63, 3.8) is 0 Å². The average molecular weight is 414 g/mol. The number of nitrogens with one attached hydrogen (secondary N) is 1. The predicted octanol–water partition coefficient (Wildman–Crippen LogP) is 1.79. The smallest absolute Gasteiger partial charge is 0.281 e. The molecule has 158 valence electrons. The molecular formula is C19H31N3O5S. The van der Waals surface area contributed by atoms with Gasteiger partial charge in [0.15, 0.2) is 11.5 Å². The van der Waals surface area contributed by atoms with Crippen molar-refractivity contribution < 1.29 is 22.7 Å². The van der Waals surface area contributed by atoms with Crippen molar-refractivity contribution in [1.29, 1.82) is 0 Å². The minimum Gasteiger partial charge on any atom is -0.493 e. The van der Waals surface area contributed by atoms with Crippen LogP contribution in [0.5, 0.6) is 11.5 Å². The Bertz CT molecular complexity index is 774. The number of benzene rings is 1. The highest BCUT2D eigenvalue weighted by Crippen LogP contribution is 2.31. The molecule has 1 amide bonds. The Labute approximate surface area is 168 Å². The summed E-state index contributed by atoms with van der Waals surface area (Å²) in [6.45, 7) is 2.71. The highest BCUT2D eigenvalue weighted by atomic mass is 32.2. The fourth-order valence-corrected chi connectivity index (χ4v) is 4.49. The average Bonchev–Trinajstić information content (AvgIpc) is 2.71. The number of carbonyl (C=O) groups excluding carboxylic acids is 1. The molecule has 1 fully saturated rings. The van der Waals surface area contributed by atoms with E-state index in [0.29, 0.717) is 37.4 Å². The van der Waals surface area contributed by atoms with E-state index in [1.165, 1.54) is 22.7 Å². The normalized spacial score (nSPS) is 17.4. The Kier molecular flexibility index (Phi) is 7.68. The molecule has 0 unspecified atom stereocenters. The van der Waals surface area contributed by atoms with Gasteiger partial charge >= 0.3 is 0 Å². The van der Waals surface area contributed by atoms with Crippen molar-refractivity contribution in [2.75, 3.05) is 41.4 Å². The zero-order chi connectivity index (χ0) is 20.9. The Morgan fingerprint density at radius 1 is 1.21 bits per heavy atom. The lowest BCUT2D eigenvalue weighted by Crippen LogP contribution is -2.47. The zero-order valence-electron chi connectivity index (χ0n) is 17.3. The van der Waals surface area contributed by atoms with E-state index in [0.717, 1.165) is 12.0 Å². The summed E-state index contributed by atoms with van der Waals surface area (Å²) in [6.07, 6.45) is 1.76. The third kappa shape index (κ3) is 4.95. The second-order valence-corrected chi connectivity index (χ2v) is 9.19. The van der Waals surface area contributed by atoms with Gasteiger partial charge in [0.25, 0.3) is 10.2 Å². The number of methoxy groups -OCH3 is 2. The first kappa shape index (κ1) is 22.4. The van der Waals surface area contributed by atoms with Gasteiger partial charge in [-0.2, -0.15) is 17.0 Å². The van der Waals surface area contributed by atoms with E-state index in [9.17, 15) is 13.2 Å². The number of ether oxygens (including phenoxy) is 2. The fourth-order valence-electron chi connectivity index (χ4n) is 3.36. The summed E-state index contributed by atoms with van der Waals surface area (Å²) >= 11 is 0. The molecule has 1 N–H and O–H groups in total. The van der Waals surface area contributed by atoms with Crippen LogP contribution in [0.2, 0.25) is 0 Å². The summed E-state index contributed by atoms with van der Waals surface area (Å²) in [6, 6.07) is 5.48. The third-order valence-corrected chi connectivity index (χ3v) is 7.09. The van der Waals surface area contributed by atoms with Crippen LogP contribution in [0.15, 0.2) is 18.2 Å². The lowest BCUT2D eigenvalue weighted by molar-refractivity contribution is -0.126. The maximum absolute atomic E-state index is 12.8. The molecule has 1 aliphatic heterocycles. The Balaban J connectivity index is 2.02. The van der Waals surface area contributed by atoms with Crippen LogP contribution in [0, 0.1) is 5.92 Å². The lowest BCUT2D eigenvalue weighted by Gasteiger charge is -2.32. The molecule has 0 radical (unpaired) electrons. The van der Waals surface area contributed by atoms with Crippen molar-refractivity contribution in [2.24, 2.45) is 5.92 Å². The van der Waals surface area contributed by atoms with E-state index in [2.05, 4.69) is 5.32 Å². The van der Waals surface area contributed by atoms with E-state index < -0.39 is 10.2 Å². The largest absolute Gasteiger partial charge is 0.493 e. The summed E-state index contributed by atoms with van der Waals surface area (Å²) in [4.78, 5) is 12.8. The number of nitrogens with zero attached hydrogens (tertiary/aromatic N) is 2. The van der Waals surface area contributed by atoms with Crippen LogP contribution < -0.4 is 14.8 Å². The van der Waals surface area contributed by atoms with Crippen LogP contribution in [0.3, 0.4) is 0 Å². The van der Waals surface area contributed by atoms with Crippen molar-refractivity contribution in [2.45, 2.75) is 32.2 Å². The molecule has 9 heteroatoms. The van der Waals surface area contributed by atoms with E-state index in [1.807, 2.05) is 25.1 Å². The summed E-state index contributed by atoms with van der Waals surface area (Å²) in [5, 5.41) is 3.10. The molecule has 1 aliphatic rings. The number of amides is 1. The first-order chi connectivity index (χ1) is 13.2. The maximum atomic E-state index is 12.8. The first-order valence-electron chi connectivity index (χ1n) is 9.44. The van der Waals surface area contributed by atoms with Crippen LogP contribution >= 0.6 is 0 Å². The van der Waals surface area contributed by atoms with Gasteiger partial charge in [-0.3, -0.25) is 4.79 Å². The molecule has 1 atom stereocenters. The summed E-state index contributed by atoms with van der Waals surface area (Å²) in [5.41, 5.74) is 0.945. The van der Waals surface area contributed by atoms with Crippen LogP contribution in [-0.2, 0) is 15.0 Å². The van der Waals surface area contributed by atoms with Gasteiger partial charge in [-0.25, -0.2) is 0 Å². The molecule has 1 aromatic rings. The second kappa shape index (κ2) is 9.58. The molecule has 0 aromatic heterocycles. The standard InChI is InChI=1S/C19H31N3O5S/c1-6-16(15-7-8-17(26-4)18(13-15)27-5)20-19(23)14-9-11-22(12-10-14)28(24,25)21(2)3/h7-8,13-14,16H,6,9-12H2,1-5H3,(H,20,23)/t16-/m0/s1. The van der Waals surface area contributed by atoms with Gasteiger partial charge in [0.05, 0.1) is 20.3 Å². The Morgan fingerprint density at radius 2 is 1.82 bits per heavy atom. The summed E-state index contributed by atoms with van der Waals surface area (Å²) in [7, 11) is 2.77. The highest BCUT2D eigenvalue weighted by molar-refractivity contribution is 7.86. The minimum atomic E-state index is -3.42. The highest BCUT2D eigenvalue weighted by Gasteiger charge is 2.32. The molecule has 1 heterocycles. The van der Waals surface area contributed by atoms with Crippen LogP contribution in [0.1, 0.15) is 37.8 Å². The molecule has 0 aliphatic carbocycles. The van der Waals surface area contributed by atoms with Gasteiger partial charge in [-0.15, -0.1) is 0 Å². The minimum absolute atomic E-state index is 0.0384. The molecule has 28 heavy (non-hydrogen) atoms. The van der Waals surface area contributed by atoms with E-state index in [1.54, 1.807) is 14.2 Å². The van der Waals surface area contributed by atoms with Crippen LogP contribution in [-0.4, -0.2) is 64.3 Å². The zero-order valence-corrected chi connectivity index (χ0v) is 18.1. The molecule has 0 spiro atoms. The van der Waals surface area contributed by atoms with Crippen LogP contribution in [0.25, 0.3) is 0 Å². The Morgan fingerprint density at radius 3 is 2.32 bits per heavy atom. The van der Waals surface area contributed by atoms with E-state index >= 15 is 0 Å². The summed E-state index contributed by atoms with van der Waals surface area (Å²) in [5.74, 6) is 1.03. The molecule has 0 bridgehead atoms. The van der Waals surface area contributed by atoms with Crippen LogP contribution in [0.4, 0.5) is 0 Å². The SMILES string of the molecule is CC[C@H](NC(=O)C1CCN(S(=O)(=O)N(C)C)CC1)c1ccc(OC)c(OC)c1. The number of hydrogen-bond acceptors (Lipinski definition) is 5. The monoisotopic (exact) mass is 413 g/mol. The number of piperidine rings is 1.